The molecule has 0 heterocycles. The molecular weight excluding hydrogens is 283 g/mol. The highest BCUT2D eigenvalue weighted by molar-refractivity contribution is 5.72. The van der Waals surface area contributed by atoms with Crippen molar-refractivity contribution >= 4 is 5.97 Å². The summed E-state index contributed by atoms with van der Waals surface area (Å²) in [4.78, 5) is 12.2. The monoisotopic (exact) mass is 314 g/mol. The summed E-state index contributed by atoms with van der Waals surface area (Å²) in [7, 11) is 0. The second-order valence-electron chi connectivity index (χ2n) is 6.92. The van der Waals surface area contributed by atoms with Crippen LogP contribution >= 0.6 is 0 Å². The van der Waals surface area contributed by atoms with Crippen molar-refractivity contribution in [3.63, 3.8) is 0 Å². The molecular formula is C18H31FO3. The zero-order valence-corrected chi connectivity index (χ0v) is 14.1. The van der Waals surface area contributed by atoms with E-state index in [2.05, 4.69) is 6.92 Å². The number of carbonyl (C=O) groups excluding carboxylic acids is 1. The number of rotatable bonds is 6. The Labute approximate surface area is 133 Å². The summed E-state index contributed by atoms with van der Waals surface area (Å²) in [5, 5.41) is 0. The predicted octanol–water partition coefficient (Wildman–Crippen LogP) is 4.43. The Bertz CT molecular complexity index is 339. The molecule has 2 fully saturated rings. The van der Waals surface area contributed by atoms with E-state index in [1.807, 2.05) is 6.92 Å². The van der Waals surface area contributed by atoms with Crippen molar-refractivity contribution in [1.29, 1.82) is 0 Å². The van der Waals surface area contributed by atoms with Gasteiger partial charge in [0.25, 0.3) is 0 Å². The van der Waals surface area contributed by atoms with Crippen LogP contribution in [0.2, 0.25) is 0 Å². The third-order valence-corrected chi connectivity index (χ3v) is 5.24. The van der Waals surface area contributed by atoms with Gasteiger partial charge in [0.15, 0.2) is 0 Å². The molecule has 3 unspecified atom stereocenters. The summed E-state index contributed by atoms with van der Waals surface area (Å²) < 4.78 is 25.2. The van der Waals surface area contributed by atoms with Gasteiger partial charge in [-0.1, -0.05) is 20.3 Å². The topological polar surface area (TPSA) is 35.5 Å². The Hall–Kier alpha value is -0.640. The van der Waals surface area contributed by atoms with Crippen LogP contribution in [-0.4, -0.2) is 31.0 Å². The number of ether oxygens (including phenoxy) is 2. The van der Waals surface area contributed by atoms with Gasteiger partial charge in [-0.25, -0.2) is 4.39 Å². The Morgan fingerprint density at radius 2 is 1.82 bits per heavy atom. The molecule has 22 heavy (non-hydrogen) atoms. The summed E-state index contributed by atoms with van der Waals surface area (Å²) in [6.07, 6.45) is 6.33. The maximum Gasteiger partial charge on any atom is 0.309 e. The Kier molecular flexibility index (Phi) is 7.13. The smallest absolute Gasteiger partial charge is 0.309 e. The van der Waals surface area contributed by atoms with Gasteiger partial charge in [0.2, 0.25) is 0 Å². The average molecular weight is 314 g/mol. The van der Waals surface area contributed by atoms with Crippen LogP contribution in [0.15, 0.2) is 0 Å². The molecule has 0 aromatic heterocycles. The first kappa shape index (κ1) is 17.7. The molecule has 4 heteroatoms. The predicted molar refractivity (Wildman–Crippen MR) is 84.4 cm³/mol. The van der Waals surface area contributed by atoms with E-state index in [4.69, 9.17) is 9.47 Å². The van der Waals surface area contributed by atoms with E-state index < -0.39 is 6.17 Å². The molecule has 0 aliphatic heterocycles. The SMILES string of the molecule is CCCOC1CCC(OC(=O)C2CCC(CC)CC2)CC1F. The fourth-order valence-corrected chi connectivity index (χ4v) is 3.68. The van der Waals surface area contributed by atoms with Gasteiger partial charge >= 0.3 is 5.97 Å². The molecule has 0 aromatic carbocycles. The van der Waals surface area contributed by atoms with Crippen molar-refractivity contribution in [1.82, 2.24) is 0 Å². The number of hydrogen-bond donors (Lipinski definition) is 0. The van der Waals surface area contributed by atoms with Gasteiger partial charge in [-0.15, -0.1) is 0 Å². The minimum atomic E-state index is -1.01. The molecule has 128 valence electrons. The first-order chi connectivity index (χ1) is 10.6. The van der Waals surface area contributed by atoms with E-state index in [1.54, 1.807) is 0 Å². The highest BCUT2D eigenvalue weighted by Gasteiger charge is 2.35. The summed E-state index contributed by atoms with van der Waals surface area (Å²) >= 11 is 0. The molecule has 0 bridgehead atoms. The van der Waals surface area contributed by atoms with Gasteiger partial charge in [-0.2, -0.15) is 0 Å². The third-order valence-electron chi connectivity index (χ3n) is 5.24. The van der Waals surface area contributed by atoms with Gasteiger partial charge in [-0.05, 0) is 50.9 Å². The average Bonchev–Trinajstić information content (AvgIpc) is 2.54. The van der Waals surface area contributed by atoms with Crippen LogP contribution in [0.5, 0.6) is 0 Å². The van der Waals surface area contributed by atoms with Gasteiger partial charge in [0, 0.05) is 13.0 Å². The second kappa shape index (κ2) is 8.85. The van der Waals surface area contributed by atoms with Crippen LogP contribution in [0.3, 0.4) is 0 Å². The van der Waals surface area contributed by atoms with Crippen LogP contribution in [0.1, 0.15) is 71.6 Å². The quantitative estimate of drug-likeness (QED) is 0.680. The fourth-order valence-electron chi connectivity index (χ4n) is 3.68. The summed E-state index contributed by atoms with van der Waals surface area (Å²) in [5.41, 5.74) is 0. The number of alkyl halides is 1. The highest BCUT2D eigenvalue weighted by Crippen LogP contribution is 2.33. The van der Waals surface area contributed by atoms with E-state index in [1.165, 1.54) is 6.42 Å². The van der Waals surface area contributed by atoms with Crippen molar-refractivity contribution in [3.8, 4) is 0 Å². The van der Waals surface area contributed by atoms with Crippen molar-refractivity contribution in [3.05, 3.63) is 0 Å². The van der Waals surface area contributed by atoms with Crippen LogP contribution in [-0.2, 0) is 14.3 Å². The number of halogens is 1. The fraction of sp³-hybridized carbons (Fsp3) is 0.944. The number of hydrogen-bond acceptors (Lipinski definition) is 3. The third kappa shape index (κ3) is 4.94. The molecule has 2 aliphatic rings. The molecule has 0 aromatic rings. The van der Waals surface area contributed by atoms with Crippen molar-refractivity contribution in [2.75, 3.05) is 6.61 Å². The van der Waals surface area contributed by atoms with Gasteiger partial charge < -0.3 is 9.47 Å². The molecule has 2 rings (SSSR count). The molecule has 0 radical (unpaired) electrons. The van der Waals surface area contributed by atoms with E-state index in [0.717, 1.165) is 44.4 Å². The number of carbonyl (C=O) groups is 1. The second-order valence-corrected chi connectivity index (χ2v) is 6.92. The standard InChI is InChI=1S/C18H31FO3/c1-3-11-21-17-10-9-15(12-16(17)19)22-18(20)14-7-5-13(4-2)6-8-14/h13-17H,3-12H2,1-2H3. The van der Waals surface area contributed by atoms with Crippen LogP contribution in [0.25, 0.3) is 0 Å². The Morgan fingerprint density at radius 1 is 1.09 bits per heavy atom. The highest BCUT2D eigenvalue weighted by atomic mass is 19.1. The zero-order valence-electron chi connectivity index (χ0n) is 14.1. The molecule has 3 nitrogen and oxygen atoms in total. The van der Waals surface area contributed by atoms with E-state index in [-0.39, 0.29) is 24.1 Å². The van der Waals surface area contributed by atoms with Crippen LogP contribution < -0.4 is 0 Å². The maximum atomic E-state index is 14.1. The molecule has 2 aliphatic carbocycles. The van der Waals surface area contributed by atoms with Gasteiger partial charge in [0.05, 0.1) is 12.0 Å². The molecule has 3 atom stereocenters. The maximum absolute atomic E-state index is 14.1. The lowest BCUT2D eigenvalue weighted by Gasteiger charge is -2.33. The molecule has 2 saturated carbocycles. The molecule has 0 spiro atoms. The Morgan fingerprint density at radius 3 is 2.41 bits per heavy atom. The lowest BCUT2D eigenvalue weighted by atomic mass is 9.81. The lowest BCUT2D eigenvalue weighted by Crippen LogP contribution is -2.38. The number of esters is 1. The van der Waals surface area contributed by atoms with Crippen LogP contribution in [0.4, 0.5) is 4.39 Å². The first-order valence-corrected chi connectivity index (χ1v) is 9.10. The Balaban J connectivity index is 1.72. The largest absolute Gasteiger partial charge is 0.462 e. The normalized spacial score (nSPS) is 36.0. The van der Waals surface area contributed by atoms with Gasteiger partial charge in [0.1, 0.15) is 12.3 Å². The minimum absolute atomic E-state index is 0.0370. The molecule has 0 N–H and O–H groups in total. The van der Waals surface area contributed by atoms with Crippen molar-refractivity contribution in [2.45, 2.75) is 90.0 Å². The summed E-state index contributed by atoms with van der Waals surface area (Å²) in [6, 6.07) is 0. The minimum Gasteiger partial charge on any atom is -0.462 e. The zero-order chi connectivity index (χ0) is 15.9. The molecule has 0 saturated heterocycles. The van der Waals surface area contributed by atoms with Crippen LogP contribution in [0, 0.1) is 11.8 Å². The van der Waals surface area contributed by atoms with Crippen molar-refractivity contribution < 1.29 is 18.7 Å². The van der Waals surface area contributed by atoms with Gasteiger partial charge in [-0.3, -0.25) is 4.79 Å². The van der Waals surface area contributed by atoms with E-state index in [9.17, 15) is 9.18 Å². The summed E-state index contributed by atoms with van der Waals surface area (Å²) in [5.74, 6) is 0.708. The summed E-state index contributed by atoms with van der Waals surface area (Å²) in [6.45, 7) is 4.84. The van der Waals surface area contributed by atoms with E-state index in [0.29, 0.717) is 19.4 Å². The lowest BCUT2D eigenvalue weighted by molar-refractivity contribution is -0.160. The van der Waals surface area contributed by atoms with E-state index >= 15 is 0 Å². The first-order valence-electron chi connectivity index (χ1n) is 9.10. The van der Waals surface area contributed by atoms with Crippen molar-refractivity contribution in [2.24, 2.45) is 11.8 Å². The molecule has 0 amide bonds.